The largest absolute Gasteiger partial charge is 0.356 e. The fraction of sp³-hybridized carbons (Fsp3) is 0.750. The molecular weight excluding hydrogens is 259 g/mol. The molecule has 0 bridgehead atoms. The van der Waals surface area contributed by atoms with E-state index < -0.39 is 0 Å². The molecule has 1 aliphatic heterocycles. The van der Waals surface area contributed by atoms with E-state index in [2.05, 4.69) is 17.2 Å². The van der Waals surface area contributed by atoms with Gasteiger partial charge in [-0.3, -0.25) is 4.79 Å². The predicted octanol–water partition coefficient (Wildman–Crippen LogP) is 2.30. The molecule has 0 saturated carbocycles. The van der Waals surface area contributed by atoms with E-state index in [0.29, 0.717) is 6.42 Å². The van der Waals surface area contributed by atoms with Gasteiger partial charge in [0.05, 0.1) is 0 Å². The second kappa shape index (κ2) is 12.2. The van der Waals surface area contributed by atoms with Crippen molar-refractivity contribution in [3.05, 3.63) is 12.7 Å². The second-order valence-corrected chi connectivity index (χ2v) is 4.18. The highest BCUT2D eigenvalue weighted by Gasteiger charge is 2.13. The van der Waals surface area contributed by atoms with Crippen LogP contribution in [0, 0.1) is 5.92 Å². The number of halogens is 2. The monoisotopic (exact) mass is 282 g/mol. The van der Waals surface area contributed by atoms with Crippen LogP contribution in [0.1, 0.15) is 32.1 Å². The molecule has 2 N–H and O–H groups in total. The Balaban J connectivity index is 0. The van der Waals surface area contributed by atoms with Crippen molar-refractivity contribution in [1.82, 2.24) is 10.6 Å². The molecule has 1 heterocycles. The molecule has 3 nitrogen and oxygen atoms in total. The van der Waals surface area contributed by atoms with Crippen LogP contribution in [0.3, 0.4) is 0 Å². The summed E-state index contributed by atoms with van der Waals surface area (Å²) in [5, 5.41) is 6.30. The molecule has 1 amide bonds. The highest BCUT2D eigenvalue weighted by Crippen LogP contribution is 2.10. The minimum atomic E-state index is 0. The molecule has 0 aromatic carbocycles. The van der Waals surface area contributed by atoms with Crippen LogP contribution in [0.25, 0.3) is 0 Å². The van der Waals surface area contributed by atoms with Crippen molar-refractivity contribution in [3.8, 4) is 0 Å². The first kappa shape index (κ1) is 19.1. The fourth-order valence-corrected chi connectivity index (χ4v) is 1.87. The molecule has 17 heavy (non-hydrogen) atoms. The van der Waals surface area contributed by atoms with Gasteiger partial charge >= 0.3 is 0 Å². The highest BCUT2D eigenvalue weighted by molar-refractivity contribution is 5.85. The SMILES string of the molecule is C=CCCCC(=O)NCCC1CCNC1.Cl.Cl. The van der Waals surface area contributed by atoms with E-state index in [4.69, 9.17) is 0 Å². The molecule has 0 aliphatic carbocycles. The number of carbonyl (C=O) groups excluding carboxylic acids is 1. The quantitative estimate of drug-likeness (QED) is 0.556. The Hall–Kier alpha value is -0.250. The van der Waals surface area contributed by atoms with Gasteiger partial charge in [-0.15, -0.1) is 31.4 Å². The highest BCUT2D eigenvalue weighted by atomic mass is 35.5. The number of rotatable bonds is 7. The number of hydrogen-bond acceptors (Lipinski definition) is 2. The zero-order chi connectivity index (χ0) is 10.9. The van der Waals surface area contributed by atoms with Gasteiger partial charge in [0.25, 0.3) is 0 Å². The van der Waals surface area contributed by atoms with Crippen molar-refractivity contribution in [1.29, 1.82) is 0 Å². The van der Waals surface area contributed by atoms with Crippen LogP contribution in [0.5, 0.6) is 0 Å². The molecular formula is C12H24Cl2N2O. The Bertz CT molecular complexity index is 207. The first-order chi connectivity index (χ1) is 7.33. The number of carbonyl (C=O) groups is 1. The molecule has 1 unspecified atom stereocenters. The first-order valence-electron chi connectivity index (χ1n) is 5.91. The van der Waals surface area contributed by atoms with Gasteiger partial charge < -0.3 is 10.6 Å². The van der Waals surface area contributed by atoms with Crippen LogP contribution >= 0.6 is 24.8 Å². The molecule has 1 saturated heterocycles. The van der Waals surface area contributed by atoms with Gasteiger partial charge in [-0.25, -0.2) is 0 Å². The number of amides is 1. The third-order valence-electron chi connectivity index (χ3n) is 2.85. The van der Waals surface area contributed by atoms with E-state index >= 15 is 0 Å². The van der Waals surface area contributed by atoms with Crippen molar-refractivity contribution in [3.63, 3.8) is 0 Å². The minimum Gasteiger partial charge on any atom is -0.356 e. The van der Waals surface area contributed by atoms with Gasteiger partial charge in [-0.2, -0.15) is 0 Å². The Morgan fingerprint density at radius 3 is 2.82 bits per heavy atom. The molecule has 0 spiro atoms. The van der Waals surface area contributed by atoms with E-state index in [1.54, 1.807) is 0 Å². The zero-order valence-electron chi connectivity index (χ0n) is 10.2. The summed E-state index contributed by atoms with van der Waals surface area (Å²) in [6.45, 7) is 6.72. The normalized spacial score (nSPS) is 17.8. The van der Waals surface area contributed by atoms with Gasteiger partial charge in [-0.05, 0) is 44.7 Å². The standard InChI is InChI=1S/C12H22N2O.2ClH/c1-2-3-4-5-12(15)14-9-7-11-6-8-13-10-11;;/h2,11,13H,1,3-10H2,(H,14,15);2*1H. The maximum absolute atomic E-state index is 11.3. The lowest BCUT2D eigenvalue weighted by atomic mass is 10.1. The molecule has 1 rings (SSSR count). The number of nitrogens with one attached hydrogen (secondary N) is 2. The summed E-state index contributed by atoms with van der Waals surface area (Å²) in [4.78, 5) is 11.3. The van der Waals surface area contributed by atoms with E-state index in [-0.39, 0.29) is 30.7 Å². The molecule has 102 valence electrons. The third-order valence-corrected chi connectivity index (χ3v) is 2.85. The predicted molar refractivity (Wildman–Crippen MR) is 77.1 cm³/mol. The lowest BCUT2D eigenvalue weighted by Crippen LogP contribution is -2.26. The van der Waals surface area contributed by atoms with E-state index in [1.165, 1.54) is 6.42 Å². The molecule has 5 heteroatoms. The van der Waals surface area contributed by atoms with E-state index in [1.807, 2.05) is 6.08 Å². The smallest absolute Gasteiger partial charge is 0.220 e. The van der Waals surface area contributed by atoms with E-state index in [9.17, 15) is 4.79 Å². The molecule has 1 fully saturated rings. The Labute approximate surface area is 117 Å². The fourth-order valence-electron chi connectivity index (χ4n) is 1.87. The molecule has 0 radical (unpaired) electrons. The molecule has 0 aromatic rings. The van der Waals surface area contributed by atoms with Crippen LogP contribution in [0.2, 0.25) is 0 Å². The molecule has 0 aromatic heterocycles. The van der Waals surface area contributed by atoms with Gasteiger partial charge in [-0.1, -0.05) is 6.08 Å². The van der Waals surface area contributed by atoms with Crippen LogP contribution in [-0.2, 0) is 4.79 Å². The van der Waals surface area contributed by atoms with Crippen LogP contribution in [0.4, 0.5) is 0 Å². The first-order valence-corrected chi connectivity index (χ1v) is 5.91. The summed E-state index contributed by atoms with van der Waals surface area (Å²) in [7, 11) is 0. The summed E-state index contributed by atoms with van der Waals surface area (Å²) < 4.78 is 0. The molecule has 1 atom stereocenters. The number of unbranched alkanes of at least 4 members (excludes halogenated alkanes) is 1. The average Bonchev–Trinajstić information content (AvgIpc) is 2.71. The maximum atomic E-state index is 11.3. The van der Waals surface area contributed by atoms with Crippen molar-refractivity contribution < 1.29 is 4.79 Å². The van der Waals surface area contributed by atoms with Crippen molar-refractivity contribution in [2.24, 2.45) is 5.92 Å². The summed E-state index contributed by atoms with van der Waals surface area (Å²) in [5.41, 5.74) is 0. The Morgan fingerprint density at radius 1 is 1.47 bits per heavy atom. The Morgan fingerprint density at radius 2 is 2.24 bits per heavy atom. The van der Waals surface area contributed by atoms with Gasteiger partial charge in [0.15, 0.2) is 0 Å². The third kappa shape index (κ3) is 9.45. The lowest BCUT2D eigenvalue weighted by molar-refractivity contribution is -0.121. The summed E-state index contributed by atoms with van der Waals surface area (Å²) in [6, 6.07) is 0. The maximum Gasteiger partial charge on any atom is 0.220 e. The van der Waals surface area contributed by atoms with Crippen LogP contribution in [0.15, 0.2) is 12.7 Å². The summed E-state index contributed by atoms with van der Waals surface area (Å²) in [5.74, 6) is 0.946. The van der Waals surface area contributed by atoms with Crippen LogP contribution in [-0.4, -0.2) is 25.5 Å². The zero-order valence-corrected chi connectivity index (χ0v) is 11.9. The van der Waals surface area contributed by atoms with Gasteiger partial charge in [0.2, 0.25) is 5.91 Å². The number of hydrogen-bond donors (Lipinski definition) is 2. The summed E-state index contributed by atoms with van der Waals surface area (Å²) >= 11 is 0. The van der Waals surface area contributed by atoms with Crippen LogP contribution < -0.4 is 10.6 Å². The number of allylic oxidation sites excluding steroid dienone is 1. The van der Waals surface area contributed by atoms with Gasteiger partial charge in [0.1, 0.15) is 0 Å². The van der Waals surface area contributed by atoms with Crippen molar-refractivity contribution in [2.75, 3.05) is 19.6 Å². The minimum absolute atomic E-state index is 0. The lowest BCUT2D eigenvalue weighted by Gasteiger charge is -2.08. The molecule has 1 aliphatic rings. The van der Waals surface area contributed by atoms with Crippen molar-refractivity contribution in [2.45, 2.75) is 32.1 Å². The summed E-state index contributed by atoms with van der Waals surface area (Å²) in [6.07, 6.45) is 6.71. The topological polar surface area (TPSA) is 41.1 Å². The second-order valence-electron chi connectivity index (χ2n) is 4.18. The Kier molecular flexibility index (Phi) is 13.7. The van der Waals surface area contributed by atoms with Gasteiger partial charge in [0, 0.05) is 13.0 Å². The van der Waals surface area contributed by atoms with Crippen molar-refractivity contribution >= 4 is 30.7 Å². The average molecular weight is 283 g/mol. The van der Waals surface area contributed by atoms with E-state index in [0.717, 1.165) is 44.8 Å².